The predicted molar refractivity (Wildman–Crippen MR) is 163 cm³/mol. The fraction of sp³-hybridized carbons (Fsp3) is 0.324. The maximum atomic E-state index is 14.3. The lowest BCUT2D eigenvalue weighted by molar-refractivity contribution is 0.0780. The number of aryl methyl sites for hydroxylation is 1. The Kier molecular flexibility index (Phi) is 7.58. The van der Waals surface area contributed by atoms with Gasteiger partial charge in [0.25, 0.3) is 5.91 Å². The van der Waals surface area contributed by atoms with Crippen molar-refractivity contribution in [3.63, 3.8) is 0 Å². The molecule has 3 heterocycles. The summed E-state index contributed by atoms with van der Waals surface area (Å²) >= 11 is 0. The molecular formula is C34H35N7O. The summed E-state index contributed by atoms with van der Waals surface area (Å²) in [6.45, 7) is 2.93. The third-order valence-corrected chi connectivity index (χ3v) is 8.35. The zero-order valence-corrected chi connectivity index (χ0v) is 24.4. The Morgan fingerprint density at radius 1 is 1.12 bits per heavy atom. The van der Waals surface area contributed by atoms with E-state index in [1.165, 1.54) is 5.57 Å². The quantitative estimate of drug-likeness (QED) is 0.284. The summed E-state index contributed by atoms with van der Waals surface area (Å²) in [7, 11) is 3.92. The predicted octanol–water partition coefficient (Wildman–Crippen LogP) is 6.11. The Morgan fingerprint density at radius 3 is 2.71 bits per heavy atom. The van der Waals surface area contributed by atoms with E-state index in [4.69, 9.17) is 9.97 Å². The van der Waals surface area contributed by atoms with Gasteiger partial charge in [0.1, 0.15) is 11.9 Å². The van der Waals surface area contributed by atoms with Crippen LogP contribution in [0.1, 0.15) is 59.9 Å². The summed E-state index contributed by atoms with van der Waals surface area (Å²) in [6, 6.07) is 18.3. The van der Waals surface area contributed by atoms with E-state index in [1.54, 1.807) is 9.58 Å². The van der Waals surface area contributed by atoms with E-state index >= 15 is 0 Å². The van der Waals surface area contributed by atoms with Gasteiger partial charge in [-0.1, -0.05) is 42.8 Å². The molecule has 0 spiro atoms. The van der Waals surface area contributed by atoms with Gasteiger partial charge in [-0.15, -0.1) is 0 Å². The number of hydrogen-bond acceptors (Lipinski definition) is 6. The Hall–Kier alpha value is -4.77. The maximum absolute atomic E-state index is 14.3. The van der Waals surface area contributed by atoms with Crippen LogP contribution in [0, 0.1) is 17.2 Å². The summed E-state index contributed by atoms with van der Waals surface area (Å²) in [5.41, 5.74) is 6.22. The average Bonchev–Trinajstić information content (AvgIpc) is 3.36. The van der Waals surface area contributed by atoms with E-state index in [0.717, 1.165) is 65.6 Å². The number of benzene rings is 2. The van der Waals surface area contributed by atoms with Crippen LogP contribution in [0.2, 0.25) is 0 Å². The monoisotopic (exact) mass is 557 g/mol. The van der Waals surface area contributed by atoms with Crippen LogP contribution in [0.3, 0.4) is 0 Å². The molecular weight excluding hydrogens is 522 g/mol. The van der Waals surface area contributed by atoms with E-state index in [0.29, 0.717) is 23.5 Å². The van der Waals surface area contributed by atoms with Crippen molar-refractivity contribution in [2.24, 2.45) is 13.0 Å². The van der Waals surface area contributed by atoms with E-state index in [1.807, 2.05) is 81.1 Å². The number of amides is 1. The maximum Gasteiger partial charge on any atom is 0.258 e. The van der Waals surface area contributed by atoms with Crippen molar-refractivity contribution in [1.29, 1.82) is 5.26 Å². The fourth-order valence-corrected chi connectivity index (χ4v) is 6.31. The number of fused-ring (bicyclic) bond motifs is 3. The van der Waals surface area contributed by atoms with Crippen molar-refractivity contribution in [3.05, 3.63) is 106 Å². The number of aromatic nitrogens is 4. The molecule has 6 rings (SSSR count). The largest absolute Gasteiger partial charge is 0.355 e. The summed E-state index contributed by atoms with van der Waals surface area (Å²) in [5.74, 6) is 1.28. The van der Waals surface area contributed by atoms with Crippen LogP contribution in [0.25, 0.3) is 10.9 Å². The lowest BCUT2D eigenvalue weighted by Crippen LogP contribution is -2.34. The number of allylic oxidation sites excluding steroid dienone is 4. The Bertz CT molecular complexity index is 1760. The molecule has 42 heavy (non-hydrogen) atoms. The minimum atomic E-state index is -0.107. The van der Waals surface area contributed by atoms with Gasteiger partial charge in [0, 0.05) is 55.0 Å². The van der Waals surface area contributed by atoms with Gasteiger partial charge < -0.3 is 9.80 Å². The molecule has 0 radical (unpaired) electrons. The molecule has 4 aromatic rings. The molecule has 212 valence electrons. The first-order valence-electron chi connectivity index (χ1n) is 14.6. The normalized spacial score (nSPS) is 17.1. The molecule has 0 bridgehead atoms. The SMILES string of the molecule is CCC1=CC(C#N)=C2C(CCC1)Cc1ccccc1C(=O)N2Cc1nc(N(C)Cc2cnn(C)c2)c2ccccc2n1. The van der Waals surface area contributed by atoms with Crippen LogP contribution in [-0.4, -0.2) is 37.6 Å². The van der Waals surface area contributed by atoms with Gasteiger partial charge in [0.2, 0.25) is 0 Å². The van der Waals surface area contributed by atoms with Crippen LogP contribution >= 0.6 is 0 Å². The second-order valence-corrected chi connectivity index (χ2v) is 11.3. The molecule has 1 aliphatic carbocycles. The first-order chi connectivity index (χ1) is 20.4. The molecule has 1 atom stereocenters. The summed E-state index contributed by atoms with van der Waals surface area (Å²) < 4.78 is 1.79. The third kappa shape index (κ3) is 5.30. The smallest absolute Gasteiger partial charge is 0.258 e. The number of nitriles is 1. The van der Waals surface area contributed by atoms with Gasteiger partial charge in [-0.2, -0.15) is 10.4 Å². The molecule has 1 amide bonds. The number of carbonyl (C=O) groups is 1. The summed E-state index contributed by atoms with van der Waals surface area (Å²) in [5, 5.41) is 15.7. The first-order valence-corrected chi connectivity index (χ1v) is 14.6. The Labute approximate surface area is 246 Å². The van der Waals surface area contributed by atoms with E-state index in [2.05, 4.69) is 23.0 Å². The van der Waals surface area contributed by atoms with E-state index < -0.39 is 0 Å². The van der Waals surface area contributed by atoms with Crippen molar-refractivity contribution in [3.8, 4) is 6.07 Å². The summed E-state index contributed by atoms with van der Waals surface area (Å²) in [6.07, 6.45) is 10.4. The Balaban J connectivity index is 1.48. The molecule has 1 unspecified atom stereocenters. The molecule has 2 aliphatic rings. The van der Waals surface area contributed by atoms with Crippen molar-refractivity contribution < 1.29 is 4.79 Å². The zero-order chi connectivity index (χ0) is 29.2. The van der Waals surface area contributed by atoms with Crippen LogP contribution in [0.4, 0.5) is 5.82 Å². The van der Waals surface area contributed by atoms with Gasteiger partial charge in [-0.25, -0.2) is 9.97 Å². The number of anilines is 1. The number of carbonyl (C=O) groups excluding carboxylic acids is 1. The van der Waals surface area contributed by atoms with E-state index in [-0.39, 0.29) is 18.4 Å². The van der Waals surface area contributed by atoms with Crippen LogP contribution in [-0.2, 0) is 26.6 Å². The highest BCUT2D eigenvalue weighted by Gasteiger charge is 2.35. The zero-order valence-electron chi connectivity index (χ0n) is 24.4. The third-order valence-electron chi connectivity index (χ3n) is 8.35. The topological polar surface area (TPSA) is 90.9 Å². The minimum absolute atomic E-state index is 0.0510. The van der Waals surface area contributed by atoms with Crippen LogP contribution in [0.5, 0.6) is 0 Å². The average molecular weight is 558 g/mol. The molecule has 0 fully saturated rings. The van der Waals surface area contributed by atoms with Crippen molar-refractivity contribution >= 4 is 22.6 Å². The number of nitrogens with zero attached hydrogens (tertiary/aromatic N) is 7. The molecule has 8 nitrogen and oxygen atoms in total. The first kappa shape index (κ1) is 27.4. The summed E-state index contributed by atoms with van der Waals surface area (Å²) in [4.78, 5) is 28.2. The molecule has 0 saturated heterocycles. The standard InChI is InChI=1S/C34H35N7O/c1-4-23-10-9-12-26-17-25-11-5-6-13-28(25)34(42)41(32(26)27(16-23)18-35)22-31-37-30-15-8-7-14-29(30)33(38-31)39(2)20-24-19-36-40(3)21-24/h5-8,11,13-16,19,21,26H,4,9-10,12,17,20,22H2,1-3H3. The van der Waals surface area contributed by atoms with Gasteiger partial charge >= 0.3 is 0 Å². The lowest BCUT2D eigenvalue weighted by Gasteiger charge is -2.30. The Morgan fingerprint density at radius 2 is 1.93 bits per heavy atom. The van der Waals surface area contributed by atoms with Gasteiger partial charge in [-0.05, 0) is 61.9 Å². The molecule has 2 aromatic heterocycles. The van der Waals surface area contributed by atoms with Crippen molar-refractivity contribution in [1.82, 2.24) is 24.6 Å². The van der Waals surface area contributed by atoms with Crippen LogP contribution in [0.15, 0.2) is 83.8 Å². The minimum Gasteiger partial charge on any atom is -0.355 e. The molecule has 8 heteroatoms. The van der Waals surface area contributed by atoms with Crippen molar-refractivity contribution in [2.45, 2.75) is 52.1 Å². The van der Waals surface area contributed by atoms with Gasteiger partial charge in [-0.3, -0.25) is 9.48 Å². The lowest BCUT2D eigenvalue weighted by atomic mass is 9.85. The highest BCUT2D eigenvalue weighted by molar-refractivity contribution is 5.97. The highest BCUT2D eigenvalue weighted by Crippen LogP contribution is 2.38. The molecule has 1 aliphatic heterocycles. The second-order valence-electron chi connectivity index (χ2n) is 11.3. The van der Waals surface area contributed by atoms with Gasteiger partial charge in [0.15, 0.2) is 5.82 Å². The number of hydrogen-bond donors (Lipinski definition) is 0. The molecule has 2 aromatic carbocycles. The molecule has 0 saturated carbocycles. The highest BCUT2D eigenvalue weighted by atomic mass is 16.2. The number of rotatable bonds is 6. The second kappa shape index (κ2) is 11.6. The van der Waals surface area contributed by atoms with E-state index in [9.17, 15) is 10.1 Å². The van der Waals surface area contributed by atoms with Crippen LogP contribution < -0.4 is 4.90 Å². The molecule has 0 N–H and O–H groups in total. The van der Waals surface area contributed by atoms with Gasteiger partial charge in [0.05, 0.1) is 23.8 Å². The van der Waals surface area contributed by atoms with Crippen molar-refractivity contribution in [2.75, 3.05) is 11.9 Å². The number of para-hydroxylation sites is 1. The fourth-order valence-electron chi connectivity index (χ4n) is 6.31.